The van der Waals surface area contributed by atoms with E-state index in [0.29, 0.717) is 18.0 Å². The lowest BCUT2D eigenvalue weighted by Gasteiger charge is -2.08. The van der Waals surface area contributed by atoms with E-state index in [9.17, 15) is 9.18 Å². The van der Waals surface area contributed by atoms with Gasteiger partial charge in [0.1, 0.15) is 11.5 Å². The topological polar surface area (TPSA) is 54.9 Å². The van der Waals surface area contributed by atoms with Crippen LogP contribution in [-0.2, 0) is 13.0 Å². The Morgan fingerprint density at radius 1 is 1.12 bits per heavy atom. The van der Waals surface area contributed by atoms with Gasteiger partial charge in [-0.25, -0.2) is 9.37 Å². The van der Waals surface area contributed by atoms with Gasteiger partial charge in [-0.2, -0.15) is 0 Å². The monoisotopic (exact) mass is 355 g/mol. The molecule has 3 rings (SSSR count). The quantitative estimate of drug-likeness (QED) is 0.757. The molecule has 2 aromatic heterocycles. The molecule has 0 aliphatic carbocycles. The van der Waals surface area contributed by atoms with Crippen molar-refractivity contribution in [2.24, 2.45) is 0 Å². The summed E-state index contributed by atoms with van der Waals surface area (Å²) in [5, 5.41) is 3.27. The molecule has 1 aromatic carbocycles. The number of rotatable bonds is 5. The van der Waals surface area contributed by atoms with Crippen molar-refractivity contribution in [2.75, 3.05) is 0 Å². The number of carbonyl (C=O) groups excluding carboxylic acids is 1. The molecule has 1 amide bonds. The molecule has 0 aliphatic rings. The molecule has 0 saturated carbocycles. The predicted octanol–water partition coefficient (Wildman–Crippen LogP) is 3.79. The third-order valence-electron chi connectivity index (χ3n) is 3.65. The third-order valence-corrected chi connectivity index (χ3v) is 3.99. The van der Waals surface area contributed by atoms with Crippen LogP contribution in [0.4, 0.5) is 4.39 Å². The second-order valence-corrected chi connectivity index (χ2v) is 5.92. The van der Waals surface area contributed by atoms with E-state index in [4.69, 9.17) is 11.6 Å². The summed E-state index contributed by atoms with van der Waals surface area (Å²) in [7, 11) is 0. The molecule has 0 spiro atoms. The summed E-state index contributed by atoms with van der Waals surface area (Å²) >= 11 is 6.18. The fourth-order valence-corrected chi connectivity index (χ4v) is 2.51. The van der Waals surface area contributed by atoms with Gasteiger partial charge in [-0.3, -0.25) is 9.78 Å². The smallest absolute Gasteiger partial charge is 0.270 e. The highest BCUT2D eigenvalue weighted by Crippen LogP contribution is 2.20. The summed E-state index contributed by atoms with van der Waals surface area (Å²) in [6.07, 6.45) is 5.31. The molecule has 0 unspecified atom stereocenters. The maximum absolute atomic E-state index is 13.0. The van der Waals surface area contributed by atoms with E-state index in [1.165, 1.54) is 18.3 Å². The second kappa shape index (κ2) is 7.85. The first-order valence-corrected chi connectivity index (χ1v) is 8.05. The fraction of sp³-hybridized carbons (Fsp3) is 0.105. The largest absolute Gasteiger partial charge is 0.347 e. The van der Waals surface area contributed by atoms with Crippen LogP contribution in [0, 0.1) is 5.82 Å². The molecule has 0 aliphatic heterocycles. The van der Waals surface area contributed by atoms with Crippen molar-refractivity contribution in [3.63, 3.8) is 0 Å². The Balaban J connectivity index is 1.71. The van der Waals surface area contributed by atoms with Gasteiger partial charge in [0.2, 0.25) is 0 Å². The first kappa shape index (κ1) is 17.0. The number of benzene rings is 1. The zero-order chi connectivity index (χ0) is 17.6. The summed E-state index contributed by atoms with van der Waals surface area (Å²) in [4.78, 5) is 20.4. The zero-order valence-electron chi connectivity index (χ0n) is 13.2. The average molecular weight is 356 g/mol. The Morgan fingerprint density at radius 2 is 1.92 bits per heavy atom. The summed E-state index contributed by atoms with van der Waals surface area (Å²) in [5.74, 6) is -0.582. The van der Waals surface area contributed by atoms with Crippen molar-refractivity contribution in [1.82, 2.24) is 15.3 Å². The molecular formula is C19H15ClFN3O. The van der Waals surface area contributed by atoms with Crippen LogP contribution in [0.3, 0.4) is 0 Å². The highest BCUT2D eigenvalue weighted by Gasteiger charge is 2.11. The number of hydrogen-bond acceptors (Lipinski definition) is 3. The molecule has 0 saturated heterocycles. The Labute approximate surface area is 149 Å². The molecule has 0 radical (unpaired) electrons. The van der Waals surface area contributed by atoms with Crippen molar-refractivity contribution < 1.29 is 9.18 Å². The Bertz CT molecular complexity index is 870. The first-order valence-electron chi connectivity index (χ1n) is 7.68. The number of amides is 1. The summed E-state index contributed by atoms with van der Waals surface area (Å²) in [5.41, 5.74) is 2.84. The Morgan fingerprint density at radius 3 is 2.64 bits per heavy atom. The third kappa shape index (κ3) is 4.61. The minimum atomic E-state index is -0.292. The maximum atomic E-state index is 13.0. The number of nitrogens with zero attached hydrogens (tertiary/aromatic N) is 2. The minimum absolute atomic E-state index is 0.283. The number of carbonyl (C=O) groups is 1. The Kier molecular flexibility index (Phi) is 5.36. The van der Waals surface area contributed by atoms with Crippen molar-refractivity contribution in [1.29, 1.82) is 0 Å². The van der Waals surface area contributed by atoms with Gasteiger partial charge in [0, 0.05) is 25.1 Å². The number of halogens is 2. The van der Waals surface area contributed by atoms with E-state index in [2.05, 4.69) is 15.3 Å². The number of nitrogens with one attached hydrogen (secondary N) is 1. The van der Waals surface area contributed by atoms with Crippen LogP contribution in [0.5, 0.6) is 0 Å². The first-order chi connectivity index (χ1) is 12.1. The normalized spacial score (nSPS) is 10.5. The highest BCUT2D eigenvalue weighted by molar-refractivity contribution is 6.31. The van der Waals surface area contributed by atoms with Gasteiger partial charge < -0.3 is 5.32 Å². The van der Waals surface area contributed by atoms with Gasteiger partial charge in [0.25, 0.3) is 5.91 Å². The molecule has 0 fully saturated rings. The number of pyridine rings is 2. The molecule has 0 atom stereocenters. The second-order valence-electron chi connectivity index (χ2n) is 5.51. The van der Waals surface area contributed by atoms with E-state index in [0.717, 1.165) is 16.7 Å². The Hall–Kier alpha value is -2.79. The van der Waals surface area contributed by atoms with E-state index >= 15 is 0 Å². The molecule has 126 valence electrons. The van der Waals surface area contributed by atoms with Crippen LogP contribution >= 0.6 is 11.6 Å². The van der Waals surface area contributed by atoms with E-state index in [1.807, 2.05) is 12.1 Å². The minimum Gasteiger partial charge on any atom is -0.347 e. The fourth-order valence-electron chi connectivity index (χ4n) is 2.34. The van der Waals surface area contributed by atoms with Crippen molar-refractivity contribution in [2.45, 2.75) is 13.0 Å². The van der Waals surface area contributed by atoms with Crippen LogP contribution in [0.15, 0.2) is 61.1 Å². The van der Waals surface area contributed by atoms with Gasteiger partial charge in [-0.1, -0.05) is 29.8 Å². The van der Waals surface area contributed by atoms with Crippen molar-refractivity contribution >= 4 is 17.5 Å². The zero-order valence-corrected chi connectivity index (χ0v) is 14.0. The molecule has 6 heteroatoms. The summed E-state index contributed by atoms with van der Waals surface area (Å²) in [6, 6.07) is 11.5. The van der Waals surface area contributed by atoms with Gasteiger partial charge in [0.15, 0.2) is 0 Å². The van der Waals surface area contributed by atoms with Crippen LogP contribution in [-0.4, -0.2) is 15.9 Å². The van der Waals surface area contributed by atoms with Gasteiger partial charge in [-0.15, -0.1) is 0 Å². The maximum Gasteiger partial charge on any atom is 0.270 e. The van der Waals surface area contributed by atoms with Crippen LogP contribution in [0.1, 0.15) is 27.2 Å². The van der Waals surface area contributed by atoms with Crippen molar-refractivity contribution in [3.8, 4) is 0 Å². The average Bonchev–Trinajstić information content (AvgIpc) is 2.64. The SMILES string of the molecule is O=C(NCc1cccnc1)c1cc(Cc2ccc(F)cc2)c(Cl)cn1. The van der Waals surface area contributed by atoms with E-state index < -0.39 is 0 Å². The van der Waals surface area contributed by atoms with Crippen LogP contribution in [0.25, 0.3) is 0 Å². The standard InChI is InChI=1S/C19H15ClFN3O/c20-17-12-23-18(19(25)24-11-14-2-1-7-22-10-14)9-15(17)8-13-3-5-16(21)6-4-13/h1-7,9-10,12H,8,11H2,(H,24,25). The highest BCUT2D eigenvalue weighted by atomic mass is 35.5. The molecule has 1 N–H and O–H groups in total. The van der Waals surface area contributed by atoms with Gasteiger partial charge in [0.05, 0.1) is 5.02 Å². The molecular weight excluding hydrogens is 341 g/mol. The summed E-state index contributed by atoms with van der Waals surface area (Å²) < 4.78 is 13.0. The predicted molar refractivity (Wildman–Crippen MR) is 93.9 cm³/mol. The summed E-state index contributed by atoms with van der Waals surface area (Å²) in [6.45, 7) is 0.365. The lowest BCUT2D eigenvalue weighted by atomic mass is 10.0. The lowest BCUT2D eigenvalue weighted by Crippen LogP contribution is -2.24. The van der Waals surface area contributed by atoms with Crippen LogP contribution < -0.4 is 5.32 Å². The molecule has 0 bridgehead atoms. The van der Waals surface area contributed by atoms with Crippen LogP contribution in [0.2, 0.25) is 5.02 Å². The molecule has 4 nitrogen and oxygen atoms in total. The van der Waals surface area contributed by atoms with Gasteiger partial charge in [-0.05, 0) is 47.4 Å². The van der Waals surface area contributed by atoms with Crippen molar-refractivity contribution in [3.05, 3.63) is 94.3 Å². The molecule has 2 heterocycles. The van der Waals surface area contributed by atoms with Gasteiger partial charge >= 0.3 is 0 Å². The molecule has 3 aromatic rings. The molecule has 25 heavy (non-hydrogen) atoms. The van der Waals surface area contributed by atoms with E-state index in [-0.39, 0.29) is 17.4 Å². The lowest BCUT2D eigenvalue weighted by molar-refractivity contribution is 0.0946. The number of hydrogen-bond donors (Lipinski definition) is 1. The van der Waals surface area contributed by atoms with E-state index in [1.54, 1.807) is 30.6 Å². The number of aromatic nitrogens is 2.